The Morgan fingerprint density at radius 3 is 2.41 bits per heavy atom. The fraction of sp³-hybridized carbons (Fsp3) is 0.455. The number of aromatic hydroxyl groups is 2. The van der Waals surface area contributed by atoms with Gasteiger partial charge in [-0.1, -0.05) is 0 Å². The third kappa shape index (κ3) is 2.07. The summed E-state index contributed by atoms with van der Waals surface area (Å²) in [5.74, 6) is -0.242. The van der Waals surface area contributed by atoms with Crippen molar-refractivity contribution in [2.45, 2.75) is 24.4 Å². The average molecular weight is 242 g/mol. The van der Waals surface area contributed by atoms with Gasteiger partial charge in [0.05, 0.1) is 6.61 Å². The number of phenols is 2. The molecule has 1 aromatic carbocycles. The van der Waals surface area contributed by atoms with Gasteiger partial charge in [0.1, 0.15) is 35.9 Å². The van der Waals surface area contributed by atoms with Crippen molar-refractivity contribution in [1.82, 2.24) is 0 Å². The van der Waals surface area contributed by atoms with Crippen molar-refractivity contribution in [3.63, 3.8) is 0 Å². The van der Waals surface area contributed by atoms with Gasteiger partial charge in [-0.05, 0) is 18.2 Å². The molecule has 0 saturated carbocycles. The topological polar surface area (TPSA) is 110 Å². The maximum absolute atomic E-state index is 9.75. The Balaban J connectivity index is 2.31. The molecule has 1 aliphatic heterocycles. The molecule has 94 valence electrons. The minimum absolute atomic E-state index is 0.0875. The summed E-state index contributed by atoms with van der Waals surface area (Å²) >= 11 is 0. The minimum Gasteiger partial charge on any atom is -0.508 e. The first kappa shape index (κ1) is 12.1. The Hall–Kier alpha value is -1.34. The van der Waals surface area contributed by atoms with Crippen molar-refractivity contribution in [3.8, 4) is 11.5 Å². The van der Waals surface area contributed by atoms with Crippen molar-refractivity contribution in [2.75, 3.05) is 6.61 Å². The molecular formula is C11H14O6. The van der Waals surface area contributed by atoms with E-state index in [0.717, 1.165) is 0 Å². The van der Waals surface area contributed by atoms with Crippen molar-refractivity contribution >= 4 is 0 Å². The second-order valence-electron chi connectivity index (χ2n) is 4.00. The summed E-state index contributed by atoms with van der Waals surface area (Å²) in [7, 11) is 0. The molecule has 0 spiro atoms. The second-order valence-corrected chi connectivity index (χ2v) is 4.00. The van der Waals surface area contributed by atoms with Gasteiger partial charge in [-0.25, -0.2) is 0 Å². The maximum Gasteiger partial charge on any atom is 0.121 e. The highest BCUT2D eigenvalue weighted by atomic mass is 16.6. The highest BCUT2D eigenvalue weighted by Crippen LogP contribution is 2.38. The molecule has 0 aromatic heterocycles. The van der Waals surface area contributed by atoms with E-state index in [0.29, 0.717) is 0 Å². The van der Waals surface area contributed by atoms with E-state index < -0.39 is 31.0 Å². The van der Waals surface area contributed by atoms with Crippen LogP contribution in [0.3, 0.4) is 0 Å². The van der Waals surface area contributed by atoms with Gasteiger partial charge in [0.15, 0.2) is 0 Å². The summed E-state index contributed by atoms with van der Waals surface area (Å²) < 4.78 is 5.24. The van der Waals surface area contributed by atoms with Crippen molar-refractivity contribution < 1.29 is 30.3 Å². The summed E-state index contributed by atoms with van der Waals surface area (Å²) in [4.78, 5) is 0. The monoisotopic (exact) mass is 242 g/mol. The molecule has 0 radical (unpaired) electrons. The van der Waals surface area contributed by atoms with Gasteiger partial charge in [-0.3, -0.25) is 0 Å². The third-order valence-electron chi connectivity index (χ3n) is 2.86. The Labute approximate surface area is 97.3 Å². The summed E-state index contributed by atoms with van der Waals surface area (Å²) in [6.07, 6.45) is -4.38. The number of phenolic OH excluding ortho intramolecular Hbond substituents is 2. The first-order valence-electron chi connectivity index (χ1n) is 5.19. The van der Waals surface area contributed by atoms with Gasteiger partial charge in [-0.15, -0.1) is 0 Å². The van der Waals surface area contributed by atoms with Crippen LogP contribution in [0.5, 0.6) is 11.5 Å². The van der Waals surface area contributed by atoms with Crippen LogP contribution in [0, 0.1) is 0 Å². The van der Waals surface area contributed by atoms with E-state index in [1.165, 1.54) is 18.2 Å². The summed E-state index contributed by atoms with van der Waals surface area (Å²) in [6, 6.07) is 3.80. The molecule has 5 N–H and O–H groups in total. The molecular weight excluding hydrogens is 228 g/mol. The Kier molecular flexibility index (Phi) is 3.21. The zero-order valence-corrected chi connectivity index (χ0v) is 8.89. The number of hydrogen-bond donors (Lipinski definition) is 5. The highest BCUT2D eigenvalue weighted by Gasteiger charge is 2.43. The molecule has 6 nitrogen and oxygen atoms in total. The van der Waals surface area contributed by atoms with Gasteiger partial charge in [0, 0.05) is 5.56 Å². The zero-order chi connectivity index (χ0) is 12.6. The molecule has 1 fully saturated rings. The van der Waals surface area contributed by atoms with E-state index in [9.17, 15) is 20.4 Å². The molecule has 1 unspecified atom stereocenters. The lowest BCUT2D eigenvalue weighted by atomic mass is 10.0. The van der Waals surface area contributed by atoms with Crippen LogP contribution in [0.25, 0.3) is 0 Å². The number of ether oxygens (including phenoxy) is 1. The number of benzene rings is 1. The molecule has 4 atom stereocenters. The molecule has 1 aromatic rings. The van der Waals surface area contributed by atoms with E-state index in [1.807, 2.05) is 0 Å². The van der Waals surface area contributed by atoms with Gasteiger partial charge in [-0.2, -0.15) is 0 Å². The van der Waals surface area contributed by atoms with Gasteiger partial charge >= 0.3 is 0 Å². The quantitative estimate of drug-likeness (QED) is 0.436. The molecule has 0 bridgehead atoms. The van der Waals surface area contributed by atoms with E-state index >= 15 is 0 Å². The first-order chi connectivity index (χ1) is 8.04. The molecule has 1 heterocycles. The van der Waals surface area contributed by atoms with Crippen molar-refractivity contribution in [2.24, 2.45) is 0 Å². The molecule has 1 saturated heterocycles. The predicted octanol–water partition coefficient (Wildman–Crippen LogP) is -0.748. The van der Waals surface area contributed by atoms with Crippen LogP contribution in [0.15, 0.2) is 18.2 Å². The Morgan fingerprint density at radius 2 is 1.82 bits per heavy atom. The highest BCUT2D eigenvalue weighted by molar-refractivity contribution is 5.41. The van der Waals surface area contributed by atoms with E-state index in [2.05, 4.69) is 0 Å². The van der Waals surface area contributed by atoms with Gasteiger partial charge in [0.2, 0.25) is 0 Å². The van der Waals surface area contributed by atoms with Crippen LogP contribution >= 0.6 is 0 Å². The van der Waals surface area contributed by atoms with Crippen molar-refractivity contribution in [3.05, 3.63) is 23.8 Å². The Bertz CT molecular complexity index is 407. The van der Waals surface area contributed by atoms with Crippen LogP contribution in [-0.4, -0.2) is 50.5 Å². The van der Waals surface area contributed by atoms with Crippen LogP contribution in [-0.2, 0) is 4.74 Å². The largest absolute Gasteiger partial charge is 0.508 e. The lowest BCUT2D eigenvalue weighted by molar-refractivity contribution is -0.0233. The van der Waals surface area contributed by atoms with Gasteiger partial charge in [0.25, 0.3) is 0 Å². The SMILES string of the molecule is OC[C@@H]1OC(c2cc(O)ccc2O)[C@@H](O)[C@H]1O. The van der Waals surface area contributed by atoms with E-state index in [4.69, 9.17) is 9.84 Å². The van der Waals surface area contributed by atoms with E-state index in [1.54, 1.807) is 0 Å². The summed E-state index contributed by atoms with van der Waals surface area (Å²) in [5.41, 5.74) is 0.174. The van der Waals surface area contributed by atoms with Crippen LogP contribution < -0.4 is 0 Å². The summed E-state index contributed by atoms with van der Waals surface area (Å²) in [6.45, 7) is -0.436. The standard InChI is InChI=1S/C11H14O6/c12-4-8-9(15)10(16)11(17-8)6-3-5(13)1-2-7(6)14/h1-3,8-16H,4H2/t8-,9-,10-,11?/m0/s1. The Morgan fingerprint density at radius 1 is 1.12 bits per heavy atom. The normalized spacial score (nSPS) is 32.9. The van der Waals surface area contributed by atoms with Crippen LogP contribution in [0.2, 0.25) is 0 Å². The van der Waals surface area contributed by atoms with Gasteiger partial charge < -0.3 is 30.3 Å². The summed E-state index contributed by atoms with van der Waals surface area (Å²) in [5, 5.41) is 47.2. The number of hydrogen-bond acceptors (Lipinski definition) is 6. The fourth-order valence-electron chi connectivity index (χ4n) is 1.93. The predicted molar refractivity (Wildman–Crippen MR) is 56.5 cm³/mol. The first-order valence-corrected chi connectivity index (χ1v) is 5.19. The molecule has 2 rings (SSSR count). The second kappa shape index (κ2) is 4.50. The lowest BCUT2D eigenvalue weighted by Crippen LogP contribution is -2.32. The zero-order valence-electron chi connectivity index (χ0n) is 8.89. The smallest absolute Gasteiger partial charge is 0.121 e. The minimum atomic E-state index is -1.26. The van der Waals surface area contributed by atoms with Crippen LogP contribution in [0.4, 0.5) is 0 Å². The lowest BCUT2D eigenvalue weighted by Gasteiger charge is -2.16. The molecule has 6 heteroatoms. The number of aliphatic hydroxyl groups excluding tert-OH is 3. The molecule has 0 aliphatic carbocycles. The molecule has 0 amide bonds. The number of aliphatic hydroxyl groups is 3. The maximum atomic E-state index is 9.75. The van der Waals surface area contributed by atoms with E-state index in [-0.39, 0.29) is 17.1 Å². The van der Waals surface area contributed by atoms with Crippen molar-refractivity contribution in [1.29, 1.82) is 0 Å². The van der Waals surface area contributed by atoms with Crippen LogP contribution in [0.1, 0.15) is 11.7 Å². The molecule has 17 heavy (non-hydrogen) atoms. The average Bonchev–Trinajstić information content (AvgIpc) is 2.59. The third-order valence-corrected chi connectivity index (χ3v) is 2.86. The molecule has 1 aliphatic rings. The number of rotatable bonds is 2. The fourth-order valence-corrected chi connectivity index (χ4v) is 1.93.